The Hall–Kier alpha value is -1.02. The van der Waals surface area contributed by atoms with Gasteiger partial charge in [-0.3, -0.25) is 0 Å². The first-order valence-electron chi connectivity index (χ1n) is 6.15. The third-order valence-electron chi connectivity index (χ3n) is 3.45. The highest BCUT2D eigenvalue weighted by atomic mass is 16.8. The van der Waals surface area contributed by atoms with Gasteiger partial charge < -0.3 is 29.5 Å². The molecule has 3 rings (SSSR count). The molecule has 2 heterocycles. The highest BCUT2D eigenvalue weighted by Gasteiger charge is 2.58. The van der Waals surface area contributed by atoms with Gasteiger partial charge in [-0.15, -0.1) is 0 Å². The highest BCUT2D eigenvalue weighted by molar-refractivity contribution is 5.17. The van der Waals surface area contributed by atoms with Crippen molar-refractivity contribution in [2.45, 2.75) is 30.4 Å². The molecule has 5 atom stereocenters. The van der Waals surface area contributed by atoms with E-state index >= 15 is 0 Å². The average Bonchev–Trinajstić information content (AvgIpc) is 2.71. The van der Waals surface area contributed by atoms with Gasteiger partial charge >= 0.3 is 0 Å². The first-order valence-corrected chi connectivity index (χ1v) is 6.15. The van der Waals surface area contributed by atoms with Crippen LogP contribution in [0.1, 0.15) is 11.9 Å². The fourth-order valence-corrected chi connectivity index (χ4v) is 2.46. The summed E-state index contributed by atoms with van der Waals surface area (Å²) in [5, 5.41) is 29.3. The van der Waals surface area contributed by atoms with Crippen LogP contribution < -0.4 is 0 Å². The Balaban J connectivity index is 1.80. The maximum atomic E-state index is 10.2. The van der Waals surface area contributed by atoms with Gasteiger partial charge in [0.15, 0.2) is 6.29 Å². The van der Waals surface area contributed by atoms with Crippen LogP contribution in [-0.4, -0.2) is 52.6 Å². The second-order valence-corrected chi connectivity index (χ2v) is 4.78. The number of hydrogen-bond acceptors (Lipinski definition) is 6. The molecular weight excluding hydrogens is 252 g/mol. The van der Waals surface area contributed by atoms with Crippen molar-refractivity contribution in [1.29, 1.82) is 0 Å². The maximum absolute atomic E-state index is 10.2. The number of rotatable bonds is 2. The smallest absolute Gasteiger partial charge is 0.219 e. The van der Waals surface area contributed by atoms with Crippen LogP contribution in [-0.2, 0) is 14.2 Å². The van der Waals surface area contributed by atoms with Gasteiger partial charge in [-0.1, -0.05) is 30.3 Å². The van der Waals surface area contributed by atoms with E-state index in [-0.39, 0.29) is 13.2 Å². The van der Waals surface area contributed by atoms with Crippen molar-refractivity contribution >= 4 is 0 Å². The van der Waals surface area contributed by atoms with Crippen molar-refractivity contribution in [3.05, 3.63) is 35.9 Å². The number of aliphatic hydroxyl groups excluding tert-OH is 2. The number of fused-ring (bicyclic) bond motifs is 1. The third-order valence-corrected chi connectivity index (χ3v) is 3.45. The van der Waals surface area contributed by atoms with Crippen molar-refractivity contribution in [2.75, 3.05) is 13.2 Å². The predicted octanol–water partition coefficient (Wildman–Crippen LogP) is -0.459. The lowest BCUT2D eigenvalue weighted by Gasteiger charge is -2.38. The lowest BCUT2D eigenvalue weighted by molar-refractivity contribution is -0.351. The first kappa shape index (κ1) is 13.0. The first-order chi connectivity index (χ1) is 9.14. The molecule has 2 fully saturated rings. The minimum atomic E-state index is -1.71. The van der Waals surface area contributed by atoms with Crippen LogP contribution >= 0.6 is 0 Å². The largest absolute Gasteiger partial charge is 0.394 e. The van der Waals surface area contributed by atoms with Crippen LogP contribution in [0.2, 0.25) is 0 Å². The Morgan fingerprint density at radius 2 is 2.00 bits per heavy atom. The van der Waals surface area contributed by atoms with Crippen molar-refractivity contribution in [1.82, 2.24) is 0 Å². The molecule has 104 valence electrons. The van der Waals surface area contributed by atoms with E-state index in [1.165, 1.54) is 0 Å². The molecule has 0 spiro atoms. The fourth-order valence-electron chi connectivity index (χ4n) is 2.46. The Morgan fingerprint density at radius 3 is 2.68 bits per heavy atom. The summed E-state index contributed by atoms with van der Waals surface area (Å²) >= 11 is 0. The number of aliphatic hydroxyl groups is 3. The van der Waals surface area contributed by atoms with E-state index in [1.807, 2.05) is 30.3 Å². The quantitative estimate of drug-likeness (QED) is 0.673. The molecule has 1 unspecified atom stereocenters. The Labute approximate surface area is 110 Å². The summed E-state index contributed by atoms with van der Waals surface area (Å²) in [5.74, 6) is -1.71. The summed E-state index contributed by atoms with van der Waals surface area (Å²) in [6, 6.07) is 9.24. The topological polar surface area (TPSA) is 88.4 Å². The van der Waals surface area contributed by atoms with Gasteiger partial charge in [-0.2, -0.15) is 0 Å². The normalized spacial score (nSPS) is 42.1. The van der Waals surface area contributed by atoms with E-state index in [9.17, 15) is 10.2 Å². The molecule has 2 aliphatic heterocycles. The molecule has 0 aliphatic carbocycles. The van der Waals surface area contributed by atoms with E-state index in [0.29, 0.717) is 0 Å². The van der Waals surface area contributed by atoms with Crippen LogP contribution in [0.5, 0.6) is 0 Å². The number of hydrogen-bond donors (Lipinski definition) is 3. The summed E-state index contributed by atoms with van der Waals surface area (Å²) in [6.07, 6.45) is -3.57. The molecule has 0 saturated carbocycles. The SMILES string of the molecule is OC[C@H]1O[C@@]2(O)COC(c3ccccc3)O[C@H]2[C@@H]1O. The third kappa shape index (κ3) is 2.16. The zero-order valence-electron chi connectivity index (χ0n) is 10.2. The average molecular weight is 268 g/mol. The molecule has 0 amide bonds. The summed E-state index contributed by atoms with van der Waals surface area (Å²) in [5.41, 5.74) is 0.796. The van der Waals surface area contributed by atoms with Gasteiger partial charge in [-0.25, -0.2) is 0 Å². The van der Waals surface area contributed by atoms with Crippen LogP contribution in [0.4, 0.5) is 0 Å². The lowest BCUT2D eigenvalue weighted by Crippen LogP contribution is -2.53. The lowest BCUT2D eigenvalue weighted by atomic mass is 10.0. The van der Waals surface area contributed by atoms with E-state index in [1.54, 1.807) is 0 Å². The van der Waals surface area contributed by atoms with Gasteiger partial charge in [0.25, 0.3) is 0 Å². The number of ether oxygens (including phenoxy) is 3. The molecule has 0 radical (unpaired) electrons. The van der Waals surface area contributed by atoms with Gasteiger partial charge in [0, 0.05) is 5.56 Å². The van der Waals surface area contributed by atoms with E-state index in [4.69, 9.17) is 19.3 Å². The van der Waals surface area contributed by atoms with Gasteiger partial charge in [0.1, 0.15) is 24.9 Å². The summed E-state index contributed by atoms with van der Waals surface area (Å²) in [6.45, 7) is -0.510. The van der Waals surface area contributed by atoms with Crippen molar-refractivity contribution in [3.8, 4) is 0 Å². The van der Waals surface area contributed by atoms with Crippen molar-refractivity contribution in [3.63, 3.8) is 0 Å². The zero-order valence-corrected chi connectivity index (χ0v) is 10.2. The van der Waals surface area contributed by atoms with Crippen LogP contribution in [0.25, 0.3) is 0 Å². The van der Waals surface area contributed by atoms with Crippen LogP contribution in [0.3, 0.4) is 0 Å². The molecule has 3 N–H and O–H groups in total. The van der Waals surface area contributed by atoms with E-state index < -0.39 is 30.4 Å². The van der Waals surface area contributed by atoms with Gasteiger partial charge in [0.2, 0.25) is 5.79 Å². The molecule has 0 aromatic heterocycles. The molecule has 1 aromatic carbocycles. The summed E-state index contributed by atoms with van der Waals surface area (Å²) in [4.78, 5) is 0. The Kier molecular flexibility index (Phi) is 3.30. The van der Waals surface area contributed by atoms with E-state index in [2.05, 4.69) is 0 Å². The Bertz CT molecular complexity index is 438. The molecule has 6 heteroatoms. The molecule has 2 saturated heterocycles. The van der Waals surface area contributed by atoms with Gasteiger partial charge in [-0.05, 0) is 0 Å². The molecule has 1 aromatic rings. The molecule has 6 nitrogen and oxygen atoms in total. The van der Waals surface area contributed by atoms with E-state index in [0.717, 1.165) is 5.56 Å². The molecular formula is C13H16O6. The van der Waals surface area contributed by atoms with Crippen LogP contribution in [0, 0.1) is 0 Å². The van der Waals surface area contributed by atoms with Crippen molar-refractivity contribution < 1.29 is 29.5 Å². The minimum Gasteiger partial charge on any atom is -0.394 e. The van der Waals surface area contributed by atoms with Gasteiger partial charge in [0.05, 0.1) is 6.61 Å². The summed E-state index contributed by atoms with van der Waals surface area (Å²) < 4.78 is 16.2. The fraction of sp³-hybridized carbons (Fsp3) is 0.538. The zero-order chi connectivity index (χ0) is 13.5. The number of benzene rings is 1. The molecule has 0 bridgehead atoms. The second kappa shape index (κ2) is 4.82. The van der Waals surface area contributed by atoms with Crippen molar-refractivity contribution in [2.24, 2.45) is 0 Å². The second-order valence-electron chi connectivity index (χ2n) is 4.78. The molecule has 2 aliphatic rings. The maximum Gasteiger partial charge on any atom is 0.219 e. The highest BCUT2D eigenvalue weighted by Crippen LogP contribution is 2.39. The minimum absolute atomic E-state index is 0.120. The van der Waals surface area contributed by atoms with Crippen LogP contribution in [0.15, 0.2) is 30.3 Å². The summed E-state index contributed by atoms with van der Waals surface area (Å²) in [7, 11) is 0. The molecule has 19 heavy (non-hydrogen) atoms. The predicted molar refractivity (Wildman–Crippen MR) is 62.9 cm³/mol. The standard InChI is InChI=1S/C13H16O6/c14-6-9-10(15)11-13(16,19-9)7-17-12(18-11)8-4-2-1-3-5-8/h1-5,9-12,14-16H,6-7H2/t9-,10-,11+,12?,13+/m1/s1. The monoisotopic (exact) mass is 268 g/mol. The Morgan fingerprint density at radius 1 is 1.26 bits per heavy atom.